The summed E-state index contributed by atoms with van der Waals surface area (Å²) in [6.45, 7) is 3.87. The predicted molar refractivity (Wildman–Crippen MR) is 88.6 cm³/mol. The van der Waals surface area contributed by atoms with Gasteiger partial charge in [-0.3, -0.25) is 4.79 Å². The molecule has 1 aromatic carbocycles. The van der Waals surface area contributed by atoms with Crippen molar-refractivity contribution < 1.29 is 13.9 Å². The van der Waals surface area contributed by atoms with Crippen molar-refractivity contribution in [1.29, 1.82) is 0 Å². The topological polar surface area (TPSA) is 69.9 Å². The van der Waals surface area contributed by atoms with E-state index in [1.807, 2.05) is 0 Å². The fourth-order valence-corrected chi connectivity index (χ4v) is 3.04. The van der Waals surface area contributed by atoms with Crippen LogP contribution >= 0.6 is 11.8 Å². The lowest BCUT2D eigenvalue weighted by Crippen LogP contribution is -2.16. The van der Waals surface area contributed by atoms with Gasteiger partial charge in [0.1, 0.15) is 22.4 Å². The molecule has 2 aromatic heterocycles. The third-order valence-electron chi connectivity index (χ3n) is 3.31. The lowest BCUT2D eigenvalue weighted by molar-refractivity contribution is -0.142. The highest BCUT2D eigenvalue weighted by Gasteiger charge is 2.19. The summed E-state index contributed by atoms with van der Waals surface area (Å²) >= 11 is 1.29. The highest BCUT2D eigenvalue weighted by atomic mass is 32.2. The van der Waals surface area contributed by atoms with Gasteiger partial charge in [-0.25, -0.2) is 19.0 Å². The minimum Gasteiger partial charge on any atom is -0.465 e. The Bertz CT molecular complexity index is 866. The summed E-state index contributed by atoms with van der Waals surface area (Å²) in [7, 11) is 0. The van der Waals surface area contributed by atoms with Gasteiger partial charge in [-0.15, -0.1) is 0 Å². The molecule has 0 aliphatic rings. The van der Waals surface area contributed by atoms with Gasteiger partial charge in [0.05, 0.1) is 23.9 Å². The minimum atomic E-state index is -0.391. The van der Waals surface area contributed by atoms with E-state index in [2.05, 4.69) is 15.1 Å². The molecular weight excluding hydrogens is 331 g/mol. The highest BCUT2D eigenvalue weighted by molar-refractivity contribution is 8.00. The molecule has 0 unspecified atom stereocenters. The van der Waals surface area contributed by atoms with Gasteiger partial charge < -0.3 is 4.74 Å². The van der Waals surface area contributed by atoms with E-state index in [1.165, 1.54) is 30.2 Å². The Morgan fingerprint density at radius 2 is 2.08 bits per heavy atom. The zero-order valence-corrected chi connectivity index (χ0v) is 14.0. The largest absolute Gasteiger partial charge is 0.465 e. The molecule has 3 aromatic rings. The van der Waals surface area contributed by atoms with E-state index in [4.69, 9.17) is 4.74 Å². The number of halogens is 1. The first-order chi connectivity index (χ1) is 11.6. The van der Waals surface area contributed by atoms with Crippen molar-refractivity contribution in [3.8, 4) is 5.69 Å². The lowest BCUT2D eigenvalue weighted by atomic mass is 10.3. The number of hydrogen-bond acceptors (Lipinski definition) is 6. The van der Waals surface area contributed by atoms with Crippen molar-refractivity contribution in [2.45, 2.75) is 24.1 Å². The summed E-state index contributed by atoms with van der Waals surface area (Å²) in [5.41, 5.74) is 1.29. The van der Waals surface area contributed by atoms with Crippen LogP contribution in [0.15, 0.2) is 41.8 Å². The SMILES string of the molecule is CCOC(=O)[C@@H](C)Sc1ncnc2c1cnn2-c1ccc(F)cc1. The van der Waals surface area contributed by atoms with Gasteiger partial charge in [0.15, 0.2) is 5.65 Å². The maximum atomic E-state index is 13.1. The molecule has 0 bridgehead atoms. The van der Waals surface area contributed by atoms with Crippen LogP contribution in [-0.2, 0) is 9.53 Å². The Hall–Kier alpha value is -2.48. The number of esters is 1. The molecule has 0 fully saturated rings. The summed E-state index contributed by atoms with van der Waals surface area (Å²) in [6.07, 6.45) is 3.06. The van der Waals surface area contributed by atoms with Crippen molar-refractivity contribution in [1.82, 2.24) is 19.7 Å². The number of ether oxygens (including phenoxy) is 1. The van der Waals surface area contributed by atoms with Gasteiger partial charge in [0, 0.05) is 0 Å². The molecule has 0 radical (unpaired) electrons. The second kappa shape index (κ2) is 6.96. The van der Waals surface area contributed by atoms with E-state index in [-0.39, 0.29) is 11.8 Å². The molecule has 0 aliphatic heterocycles. The molecule has 2 heterocycles. The van der Waals surface area contributed by atoms with E-state index < -0.39 is 5.25 Å². The van der Waals surface area contributed by atoms with Gasteiger partial charge >= 0.3 is 5.97 Å². The quantitative estimate of drug-likeness (QED) is 0.402. The van der Waals surface area contributed by atoms with Crippen LogP contribution in [0.4, 0.5) is 4.39 Å². The van der Waals surface area contributed by atoms with Gasteiger partial charge in [-0.05, 0) is 38.1 Å². The standard InChI is InChI=1S/C16H15FN4O2S/c1-3-23-16(22)10(2)24-15-13-8-20-21(14(13)18-9-19-15)12-6-4-11(17)5-7-12/h4-10H,3H2,1-2H3/t10-/m1/s1. The zero-order chi connectivity index (χ0) is 17.1. The van der Waals surface area contributed by atoms with E-state index >= 15 is 0 Å². The van der Waals surface area contributed by atoms with Crippen molar-refractivity contribution >= 4 is 28.8 Å². The number of fused-ring (bicyclic) bond motifs is 1. The molecule has 0 amide bonds. The molecule has 124 valence electrons. The predicted octanol–water partition coefficient (Wildman–Crippen LogP) is 3.00. The molecule has 0 saturated carbocycles. The maximum Gasteiger partial charge on any atom is 0.319 e. The fourth-order valence-electron chi connectivity index (χ4n) is 2.16. The number of thioether (sulfide) groups is 1. The fraction of sp³-hybridized carbons (Fsp3) is 0.250. The number of carbonyl (C=O) groups is 1. The highest BCUT2D eigenvalue weighted by Crippen LogP contribution is 2.29. The lowest BCUT2D eigenvalue weighted by Gasteiger charge is -2.09. The summed E-state index contributed by atoms with van der Waals surface area (Å²) in [4.78, 5) is 20.3. The van der Waals surface area contributed by atoms with Crippen LogP contribution in [-0.4, -0.2) is 37.6 Å². The first kappa shape index (κ1) is 16.4. The zero-order valence-electron chi connectivity index (χ0n) is 13.1. The van der Waals surface area contributed by atoms with Crippen LogP contribution < -0.4 is 0 Å². The number of nitrogens with zero attached hydrogens (tertiary/aromatic N) is 4. The van der Waals surface area contributed by atoms with Gasteiger partial charge in [0.2, 0.25) is 0 Å². The summed E-state index contributed by atoms with van der Waals surface area (Å²) < 4.78 is 19.7. The van der Waals surface area contributed by atoms with Crippen molar-refractivity contribution in [3.05, 3.63) is 42.6 Å². The van der Waals surface area contributed by atoms with Crippen molar-refractivity contribution in [2.75, 3.05) is 6.61 Å². The first-order valence-electron chi connectivity index (χ1n) is 7.38. The Morgan fingerprint density at radius 3 is 2.79 bits per heavy atom. The number of carbonyl (C=O) groups excluding carboxylic acids is 1. The smallest absolute Gasteiger partial charge is 0.319 e. The molecule has 6 nitrogen and oxygen atoms in total. The van der Waals surface area contributed by atoms with Crippen LogP contribution in [0, 0.1) is 5.82 Å². The third kappa shape index (κ3) is 3.23. The Morgan fingerprint density at radius 1 is 1.33 bits per heavy atom. The maximum absolute atomic E-state index is 13.1. The average molecular weight is 346 g/mol. The molecule has 0 N–H and O–H groups in total. The second-order valence-corrected chi connectivity index (χ2v) is 6.29. The molecule has 1 atom stereocenters. The van der Waals surface area contributed by atoms with Crippen LogP contribution in [0.25, 0.3) is 16.7 Å². The number of hydrogen-bond donors (Lipinski definition) is 0. The van der Waals surface area contributed by atoms with Crippen LogP contribution in [0.3, 0.4) is 0 Å². The van der Waals surface area contributed by atoms with Crippen molar-refractivity contribution in [2.24, 2.45) is 0 Å². The number of benzene rings is 1. The molecule has 0 aliphatic carbocycles. The average Bonchev–Trinajstić information content (AvgIpc) is 3.01. The normalized spacial score (nSPS) is 12.3. The monoisotopic (exact) mass is 346 g/mol. The van der Waals surface area contributed by atoms with Crippen LogP contribution in [0.1, 0.15) is 13.8 Å². The van der Waals surface area contributed by atoms with E-state index in [9.17, 15) is 9.18 Å². The Labute approximate surface area is 142 Å². The first-order valence-corrected chi connectivity index (χ1v) is 8.26. The molecule has 0 spiro atoms. The summed E-state index contributed by atoms with van der Waals surface area (Å²) in [5, 5.41) is 5.29. The third-order valence-corrected chi connectivity index (χ3v) is 4.40. The van der Waals surface area contributed by atoms with Crippen LogP contribution in [0.2, 0.25) is 0 Å². The van der Waals surface area contributed by atoms with Gasteiger partial charge in [-0.2, -0.15) is 5.10 Å². The molecule has 24 heavy (non-hydrogen) atoms. The van der Waals surface area contributed by atoms with Gasteiger partial charge in [0.25, 0.3) is 0 Å². The molecule has 0 saturated heterocycles. The summed E-state index contributed by atoms with van der Waals surface area (Å²) in [5.74, 6) is -0.607. The number of rotatable bonds is 5. The molecular formula is C16H15FN4O2S. The van der Waals surface area contributed by atoms with E-state index in [0.717, 1.165) is 5.39 Å². The molecule has 3 rings (SSSR count). The second-order valence-electron chi connectivity index (χ2n) is 4.96. The molecule has 8 heteroatoms. The van der Waals surface area contributed by atoms with E-state index in [1.54, 1.807) is 36.9 Å². The minimum absolute atomic E-state index is 0.291. The number of aromatic nitrogens is 4. The van der Waals surface area contributed by atoms with Crippen molar-refractivity contribution in [3.63, 3.8) is 0 Å². The van der Waals surface area contributed by atoms with Gasteiger partial charge in [-0.1, -0.05) is 11.8 Å². The summed E-state index contributed by atoms with van der Waals surface area (Å²) in [6, 6.07) is 5.97. The Kier molecular flexibility index (Phi) is 4.75. The Balaban J connectivity index is 1.94. The van der Waals surface area contributed by atoms with E-state index in [0.29, 0.717) is 23.0 Å². The van der Waals surface area contributed by atoms with Crippen LogP contribution in [0.5, 0.6) is 0 Å².